The predicted octanol–water partition coefficient (Wildman–Crippen LogP) is 3.95. The van der Waals surface area contributed by atoms with E-state index in [1.54, 1.807) is 0 Å². The number of benzene rings is 1. The number of rotatable bonds is 4. The van der Waals surface area contributed by atoms with Crippen LogP contribution in [0.4, 0.5) is 10.1 Å². The maximum atomic E-state index is 14.3. The number of carbonyl (C=O) groups excluding carboxylic acids is 2. The van der Waals surface area contributed by atoms with Gasteiger partial charge in [0.05, 0.1) is 16.8 Å². The summed E-state index contributed by atoms with van der Waals surface area (Å²) in [5, 5.41) is 0.118. The summed E-state index contributed by atoms with van der Waals surface area (Å²) >= 11 is 5.98. The first kappa shape index (κ1) is 16.2. The van der Waals surface area contributed by atoms with E-state index in [0.29, 0.717) is 18.8 Å². The molecule has 6 heteroatoms. The third kappa shape index (κ3) is 3.34. The predicted molar refractivity (Wildman–Crippen MR) is 85.1 cm³/mol. The molecule has 3 rings (SSSR count). The van der Waals surface area contributed by atoms with Gasteiger partial charge in [-0.05, 0) is 44.6 Å². The van der Waals surface area contributed by atoms with Crippen LogP contribution in [0.15, 0.2) is 12.1 Å². The van der Waals surface area contributed by atoms with Gasteiger partial charge in [-0.15, -0.1) is 0 Å². The lowest BCUT2D eigenvalue weighted by Crippen LogP contribution is -2.44. The fourth-order valence-electron chi connectivity index (χ4n) is 3.05. The molecule has 1 aromatic rings. The van der Waals surface area contributed by atoms with Crippen LogP contribution in [0.3, 0.4) is 0 Å². The van der Waals surface area contributed by atoms with Crippen LogP contribution in [-0.2, 0) is 9.59 Å². The molecule has 0 N–H and O–H groups in total. The summed E-state index contributed by atoms with van der Waals surface area (Å²) < 4.78 is 19.8. The van der Waals surface area contributed by atoms with Gasteiger partial charge < -0.3 is 4.74 Å². The van der Waals surface area contributed by atoms with Gasteiger partial charge in [-0.2, -0.15) is 0 Å². The van der Waals surface area contributed by atoms with E-state index in [1.807, 2.05) is 13.8 Å². The van der Waals surface area contributed by atoms with E-state index >= 15 is 0 Å². The second-order valence-corrected chi connectivity index (χ2v) is 6.94. The van der Waals surface area contributed by atoms with Gasteiger partial charge in [-0.1, -0.05) is 11.6 Å². The molecule has 1 aliphatic carbocycles. The highest BCUT2D eigenvalue weighted by Crippen LogP contribution is 2.44. The van der Waals surface area contributed by atoms with Gasteiger partial charge in [0.15, 0.2) is 0 Å². The maximum absolute atomic E-state index is 14.3. The highest BCUT2D eigenvalue weighted by Gasteiger charge is 2.41. The number of carbonyl (C=O) groups is 2. The van der Waals surface area contributed by atoms with Crippen molar-refractivity contribution in [2.45, 2.75) is 45.6 Å². The lowest BCUT2D eigenvalue weighted by atomic mass is 9.90. The summed E-state index contributed by atoms with van der Waals surface area (Å²) in [4.78, 5) is 25.7. The summed E-state index contributed by atoms with van der Waals surface area (Å²) in [6, 6.07) is 2.42. The Balaban J connectivity index is 1.90. The van der Waals surface area contributed by atoms with E-state index in [-0.39, 0.29) is 40.3 Å². The zero-order valence-electron chi connectivity index (χ0n) is 13.1. The zero-order chi connectivity index (χ0) is 16.7. The maximum Gasteiger partial charge on any atom is 0.234 e. The van der Waals surface area contributed by atoms with Gasteiger partial charge in [-0.25, -0.2) is 9.29 Å². The van der Waals surface area contributed by atoms with Crippen LogP contribution in [0.2, 0.25) is 5.02 Å². The second kappa shape index (κ2) is 6.11. The summed E-state index contributed by atoms with van der Waals surface area (Å²) in [5.41, 5.74) is -0.0747. The first-order chi connectivity index (χ1) is 10.9. The third-order valence-corrected chi connectivity index (χ3v) is 4.56. The van der Waals surface area contributed by atoms with E-state index in [0.717, 1.165) is 23.8 Å². The lowest BCUT2D eigenvalue weighted by Gasteiger charge is -2.30. The molecule has 2 aliphatic rings. The Morgan fingerprint density at radius 2 is 1.78 bits per heavy atom. The van der Waals surface area contributed by atoms with Crippen molar-refractivity contribution in [1.29, 1.82) is 0 Å². The number of piperidine rings is 1. The Labute approximate surface area is 139 Å². The molecule has 23 heavy (non-hydrogen) atoms. The Bertz CT molecular complexity index is 639. The Morgan fingerprint density at radius 1 is 1.17 bits per heavy atom. The molecule has 0 aromatic heterocycles. The number of hydrogen-bond acceptors (Lipinski definition) is 3. The molecule has 1 aliphatic heterocycles. The van der Waals surface area contributed by atoms with Crippen molar-refractivity contribution in [3.63, 3.8) is 0 Å². The highest BCUT2D eigenvalue weighted by molar-refractivity contribution is 6.32. The van der Waals surface area contributed by atoms with Crippen molar-refractivity contribution in [2.24, 2.45) is 11.8 Å². The molecule has 0 spiro atoms. The lowest BCUT2D eigenvalue weighted by molar-refractivity contribution is -0.131. The monoisotopic (exact) mass is 339 g/mol. The molecule has 1 saturated heterocycles. The number of hydrogen-bond donors (Lipinski definition) is 0. The fourth-order valence-corrected chi connectivity index (χ4v) is 3.24. The molecule has 0 atom stereocenters. The standard InChI is InChI=1S/C17H19ClFNO3/c1-9(2)23-15-8-14(13(19)7-12(15)18)20-16(21)5-11(6-17(20)22)10-3-4-10/h7-11H,3-6H2,1-2H3. The number of nitrogens with zero attached hydrogens (tertiary/aromatic N) is 1. The van der Waals surface area contributed by atoms with Crippen molar-refractivity contribution in [3.8, 4) is 5.75 Å². The molecule has 0 radical (unpaired) electrons. The molecule has 1 aromatic carbocycles. The van der Waals surface area contributed by atoms with Crippen LogP contribution in [-0.4, -0.2) is 17.9 Å². The van der Waals surface area contributed by atoms with E-state index < -0.39 is 5.82 Å². The SMILES string of the molecule is CC(C)Oc1cc(N2C(=O)CC(C3CC3)CC2=O)c(F)cc1Cl. The average molecular weight is 340 g/mol. The average Bonchev–Trinajstić information content (AvgIpc) is 3.26. The number of amides is 2. The van der Waals surface area contributed by atoms with Gasteiger partial charge in [-0.3, -0.25) is 9.59 Å². The van der Waals surface area contributed by atoms with Crippen molar-refractivity contribution in [3.05, 3.63) is 23.0 Å². The molecule has 1 saturated carbocycles. The molecule has 0 unspecified atom stereocenters. The van der Waals surface area contributed by atoms with Crippen LogP contribution >= 0.6 is 11.6 Å². The van der Waals surface area contributed by atoms with Crippen LogP contribution in [0, 0.1) is 17.7 Å². The Morgan fingerprint density at radius 3 is 2.30 bits per heavy atom. The van der Waals surface area contributed by atoms with Crippen LogP contribution in [0.5, 0.6) is 5.75 Å². The Hall–Kier alpha value is -1.62. The van der Waals surface area contributed by atoms with Gasteiger partial charge in [0.1, 0.15) is 11.6 Å². The van der Waals surface area contributed by atoms with Crippen LogP contribution < -0.4 is 9.64 Å². The number of imide groups is 1. The number of anilines is 1. The van der Waals surface area contributed by atoms with Gasteiger partial charge in [0.2, 0.25) is 11.8 Å². The normalized spacial score (nSPS) is 19.6. The van der Waals surface area contributed by atoms with E-state index in [1.165, 1.54) is 6.07 Å². The summed E-state index contributed by atoms with van der Waals surface area (Å²) in [6.07, 6.45) is 2.58. The molecule has 4 nitrogen and oxygen atoms in total. The van der Waals surface area contributed by atoms with Crippen molar-refractivity contribution in [1.82, 2.24) is 0 Å². The van der Waals surface area contributed by atoms with Crippen molar-refractivity contribution < 1.29 is 18.7 Å². The van der Waals surface area contributed by atoms with E-state index in [4.69, 9.17) is 16.3 Å². The third-order valence-electron chi connectivity index (χ3n) is 4.27. The number of ether oxygens (including phenoxy) is 1. The minimum absolute atomic E-state index is 0.0747. The number of halogens is 2. The van der Waals surface area contributed by atoms with Gasteiger partial charge >= 0.3 is 0 Å². The fraction of sp³-hybridized carbons (Fsp3) is 0.529. The summed E-state index contributed by atoms with van der Waals surface area (Å²) in [7, 11) is 0. The molecule has 2 fully saturated rings. The smallest absolute Gasteiger partial charge is 0.234 e. The largest absolute Gasteiger partial charge is 0.489 e. The Kier molecular flexibility index (Phi) is 4.32. The van der Waals surface area contributed by atoms with Crippen LogP contribution in [0.1, 0.15) is 39.5 Å². The summed E-state index contributed by atoms with van der Waals surface area (Å²) in [6.45, 7) is 3.63. The molecular weight excluding hydrogens is 321 g/mol. The van der Waals surface area contributed by atoms with E-state index in [2.05, 4.69) is 0 Å². The highest BCUT2D eigenvalue weighted by atomic mass is 35.5. The van der Waals surface area contributed by atoms with Crippen molar-refractivity contribution in [2.75, 3.05) is 4.90 Å². The molecule has 1 heterocycles. The quantitative estimate of drug-likeness (QED) is 0.780. The molecule has 0 bridgehead atoms. The van der Waals surface area contributed by atoms with Gasteiger partial charge in [0.25, 0.3) is 0 Å². The summed E-state index contributed by atoms with van der Waals surface area (Å²) in [5.74, 6) is -0.557. The van der Waals surface area contributed by atoms with Crippen LogP contribution in [0.25, 0.3) is 0 Å². The topological polar surface area (TPSA) is 46.6 Å². The minimum Gasteiger partial charge on any atom is -0.489 e. The van der Waals surface area contributed by atoms with Gasteiger partial charge in [0, 0.05) is 18.9 Å². The molecular formula is C17H19ClFNO3. The first-order valence-corrected chi connectivity index (χ1v) is 8.26. The molecule has 2 amide bonds. The first-order valence-electron chi connectivity index (χ1n) is 7.88. The molecule has 124 valence electrons. The minimum atomic E-state index is -0.697. The van der Waals surface area contributed by atoms with E-state index in [9.17, 15) is 14.0 Å². The van der Waals surface area contributed by atoms with Crippen molar-refractivity contribution >= 4 is 29.1 Å². The zero-order valence-corrected chi connectivity index (χ0v) is 13.9. The second-order valence-electron chi connectivity index (χ2n) is 6.53.